The van der Waals surface area contributed by atoms with Gasteiger partial charge in [0.25, 0.3) is 5.56 Å². The molecule has 0 fully saturated rings. The van der Waals surface area contributed by atoms with Gasteiger partial charge in [0.1, 0.15) is 18.7 Å². The van der Waals surface area contributed by atoms with E-state index in [9.17, 15) is 27.6 Å². The van der Waals surface area contributed by atoms with Crippen LogP contribution in [0.3, 0.4) is 0 Å². The zero-order valence-corrected chi connectivity index (χ0v) is 15.8. The minimum atomic E-state index is -4.66. The van der Waals surface area contributed by atoms with Gasteiger partial charge in [-0.2, -0.15) is 13.2 Å². The number of benzene rings is 2. The number of ether oxygens (including phenoxy) is 1. The Morgan fingerprint density at radius 3 is 2.58 bits per heavy atom. The maximum absolute atomic E-state index is 12.9. The highest BCUT2D eigenvalue weighted by atomic mass is 19.4. The van der Waals surface area contributed by atoms with Crippen LogP contribution in [0.2, 0.25) is 0 Å². The van der Waals surface area contributed by atoms with Crippen molar-refractivity contribution >= 4 is 27.7 Å². The maximum atomic E-state index is 12.9. The maximum Gasteiger partial charge on any atom is 0.417 e. The fourth-order valence-electron chi connectivity index (χ4n) is 3.30. The summed E-state index contributed by atoms with van der Waals surface area (Å²) in [6.07, 6.45) is -4.10. The van der Waals surface area contributed by atoms with Gasteiger partial charge in [-0.05, 0) is 22.9 Å². The average molecular weight is 429 g/mol. The average Bonchev–Trinajstić information content (AvgIpc) is 2.72. The van der Waals surface area contributed by atoms with Gasteiger partial charge in [0.15, 0.2) is 0 Å². The highest BCUT2D eigenvalue weighted by Gasteiger charge is 2.31. The van der Waals surface area contributed by atoms with E-state index < -0.39 is 35.4 Å². The first-order chi connectivity index (χ1) is 14.7. The van der Waals surface area contributed by atoms with Crippen LogP contribution in [-0.2, 0) is 28.9 Å². The third-order valence-corrected chi connectivity index (χ3v) is 4.71. The van der Waals surface area contributed by atoms with E-state index in [2.05, 4.69) is 0 Å². The minimum Gasteiger partial charge on any atom is -0.459 e. The summed E-state index contributed by atoms with van der Waals surface area (Å²) in [5, 5.41) is 2.25. The van der Waals surface area contributed by atoms with E-state index in [-0.39, 0.29) is 6.61 Å². The number of hydrogen-bond acceptors (Lipinski definition) is 5. The van der Waals surface area contributed by atoms with Crippen molar-refractivity contribution in [3.05, 3.63) is 92.7 Å². The number of halogens is 3. The zero-order valence-electron chi connectivity index (χ0n) is 15.8. The predicted octanol–water partition coefficient (Wildman–Crippen LogP) is 3.87. The van der Waals surface area contributed by atoms with E-state index in [1.807, 2.05) is 24.3 Å². The molecule has 2 aromatic heterocycles. The lowest BCUT2D eigenvalue weighted by Crippen LogP contribution is -2.26. The molecule has 2 aromatic carbocycles. The van der Waals surface area contributed by atoms with Crippen molar-refractivity contribution < 1.29 is 27.1 Å². The van der Waals surface area contributed by atoms with Crippen molar-refractivity contribution in [2.75, 3.05) is 0 Å². The summed E-state index contributed by atoms with van der Waals surface area (Å²) in [5.41, 5.74) is -1.78. The number of pyridine rings is 1. The first-order valence-corrected chi connectivity index (χ1v) is 9.10. The molecule has 4 aromatic rings. The largest absolute Gasteiger partial charge is 0.459 e. The molecule has 0 spiro atoms. The van der Waals surface area contributed by atoms with Gasteiger partial charge in [-0.1, -0.05) is 30.3 Å². The molecule has 0 unspecified atom stereocenters. The van der Waals surface area contributed by atoms with Crippen molar-refractivity contribution in [2.24, 2.45) is 0 Å². The smallest absolute Gasteiger partial charge is 0.417 e. The molecule has 0 bridgehead atoms. The van der Waals surface area contributed by atoms with Gasteiger partial charge in [-0.15, -0.1) is 0 Å². The van der Waals surface area contributed by atoms with E-state index in [1.165, 1.54) is 6.07 Å². The Morgan fingerprint density at radius 1 is 1.03 bits per heavy atom. The standard InChI is InChI=1S/C22H14F3NO5/c23-22(24,25)15-6-8-18(27)26(10-15)11-20(29)30-12-14-9-19(28)31-17-7-5-13-3-1-2-4-16(13)21(14)17/h1-10H,11-12H2. The predicted molar refractivity (Wildman–Crippen MR) is 105 cm³/mol. The van der Waals surface area contributed by atoms with Crippen molar-refractivity contribution in [2.45, 2.75) is 19.3 Å². The lowest BCUT2D eigenvalue weighted by atomic mass is 10.0. The zero-order chi connectivity index (χ0) is 22.2. The summed E-state index contributed by atoms with van der Waals surface area (Å²) in [6.45, 7) is -1.02. The number of nitrogens with zero attached hydrogens (tertiary/aromatic N) is 1. The second kappa shape index (κ2) is 7.75. The van der Waals surface area contributed by atoms with E-state index in [1.54, 1.807) is 12.1 Å². The van der Waals surface area contributed by atoms with Crippen LogP contribution in [0.5, 0.6) is 0 Å². The number of fused-ring (bicyclic) bond motifs is 3. The third-order valence-electron chi connectivity index (χ3n) is 4.71. The van der Waals surface area contributed by atoms with Crippen LogP contribution in [0.4, 0.5) is 13.2 Å². The van der Waals surface area contributed by atoms with Crippen LogP contribution >= 0.6 is 0 Å². The summed E-state index contributed by atoms with van der Waals surface area (Å²) in [4.78, 5) is 35.9. The molecule has 0 radical (unpaired) electrons. The number of carbonyl (C=O) groups excluding carboxylic acids is 1. The minimum absolute atomic E-state index is 0.311. The molecule has 0 atom stereocenters. The summed E-state index contributed by atoms with van der Waals surface area (Å²) >= 11 is 0. The van der Waals surface area contributed by atoms with Gasteiger partial charge in [-0.25, -0.2) is 4.79 Å². The first-order valence-electron chi connectivity index (χ1n) is 9.10. The molecule has 0 aliphatic carbocycles. The van der Waals surface area contributed by atoms with Crippen LogP contribution in [0.15, 0.2) is 74.8 Å². The number of carbonyl (C=O) groups is 1. The van der Waals surface area contributed by atoms with Crippen LogP contribution in [-0.4, -0.2) is 10.5 Å². The van der Waals surface area contributed by atoms with E-state index in [0.29, 0.717) is 33.4 Å². The van der Waals surface area contributed by atoms with Gasteiger partial charge in [-0.3, -0.25) is 9.59 Å². The van der Waals surface area contributed by atoms with E-state index >= 15 is 0 Å². The topological polar surface area (TPSA) is 78.5 Å². The quantitative estimate of drug-likeness (QED) is 0.280. The van der Waals surface area contributed by atoms with Crippen LogP contribution in [0.1, 0.15) is 11.1 Å². The van der Waals surface area contributed by atoms with Gasteiger partial charge >= 0.3 is 17.8 Å². The SMILES string of the molecule is O=C(Cn1cc(C(F)(F)F)ccc1=O)OCc1cc(=O)oc2ccc3ccccc3c12. The second-order valence-corrected chi connectivity index (χ2v) is 6.79. The lowest BCUT2D eigenvalue weighted by molar-refractivity contribution is -0.146. The molecule has 31 heavy (non-hydrogen) atoms. The van der Waals surface area contributed by atoms with Crippen LogP contribution in [0, 0.1) is 0 Å². The second-order valence-electron chi connectivity index (χ2n) is 6.79. The molecule has 0 aliphatic heterocycles. The first kappa shape index (κ1) is 20.4. The molecule has 6 nitrogen and oxygen atoms in total. The monoisotopic (exact) mass is 429 g/mol. The van der Waals surface area contributed by atoms with Gasteiger partial charge in [0.2, 0.25) is 0 Å². The molecule has 0 amide bonds. The summed E-state index contributed by atoms with van der Waals surface area (Å²) in [6, 6.07) is 13.3. The summed E-state index contributed by atoms with van der Waals surface area (Å²) in [5.74, 6) is -0.928. The molecular weight excluding hydrogens is 415 g/mol. The summed E-state index contributed by atoms with van der Waals surface area (Å²) < 4.78 is 49.6. The Hall–Kier alpha value is -3.88. The molecule has 0 aliphatic rings. The van der Waals surface area contributed by atoms with Gasteiger partial charge in [0.05, 0.1) is 5.56 Å². The fraction of sp³-hybridized carbons (Fsp3) is 0.136. The number of hydrogen-bond donors (Lipinski definition) is 0. The number of aromatic nitrogens is 1. The molecule has 0 saturated carbocycles. The third kappa shape index (κ3) is 4.20. The highest BCUT2D eigenvalue weighted by Crippen LogP contribution is 2.29. The van der Waals surface area contributed by atoms with Crippen molar-refractivity contribution in [3.8, 4) is 0 Å². The van der Waals surface area contributed by atoms with Crippen LogP contribution in [0.25, 0.3) is 21.7 Å². The number of rotatable bonds is 4. The Morgan fingerprint density at radius 2 is 1.81 bits per heavy atom. The normalized spacial score (nSPS) is 11.7. The van der Waals surface area contributed by atoms with Crippen LogP contribution < -0.4 is 11.2 Å². The number of alkyl halides is 3. The van der Waals surface area contributed by atoms with Gasteiger partial charge in [0, 0.05) is 29.3 Å². The Balaban J connectivity index is 1.61. The molecule has 4 rings (SSSR count). The van der Waals surface area contributed by atoms with E-state index in [0.717, 1.165) is 16.8 Å². The van der Waals surface area contributed by atoms with Crippen molar-refractivity contribution in [3.63, 3.8) is 0 Å². The number of esters is 1. The molecule has 0 N–H and O–H groups in total. The fourth-order valence-corrected chi connectivity index (χ4v) is 3.30. The van der Waals surface area contributed by atoms with Crippen molar-refractivity contribution in [1.29, 1.82) is 0 Å². The van der Waals surface area contributed by atoms with Gasteiger partial charge < -0.3 is 13.7 Å². The lowest BCUT2D eigenvalue weighted by Gasteiger charge is -2.12. The van der Waals surface area contributed by atoms with E-state index in [4.69, 9.17) is 9.15 Å². The molecule has 9 heteroatoms. The molecule has 0 saturated heterocycles. The Bertz CT molecular complexity index is 1420. The highest BCUT2D eigenvalue weighted by molar-refractivity contribution is 6.07. The molecular formula is C22H14F3NO5. The molecule has 158 valence electrons. The summed E-state index contributed by atoms with van der Waals surface area (Å²) in [7, 11) is 0. The Labute approximate surface area is 172 Å². The Kier molecular flexibility index (Phi) is 5.10. The molecule has 2 heterocycles. The van der Waals surface area contributed by atoms with Crippen molar-refractivity contribution in [1.82, 2.24) is 4.57 Å².